The third kappa shape index (κ3) is 7.59. The number of imidazole rings is 1. The van der Waals surface area contributed by atoms with Gasteiger partial charge in [-0.1, -0.05) is 39.0 Å². The van der Waals surface area contributed by atoms with Crippen LogP contribution in [0.1, 0.15) is 53.9 Å². The molecule has 0 radical (unpaired) electrons. The predicted molar refractivity (Wildman–Crippen MR) is 144 cm³/mol. The Kier molecular flexibility index (Phi) is 9.22. The summed E-state index contributed by atoms with van der Waals surface area (Å²) >= 11 is 3.30. The van der Waals surface area contributed by atoms with Crippen molar-refractivity contribution in [1.82, 2.24) is 20.2 Å². The molecule has 1 saturated heterocycles. The molecule has 1 fully saturated rings. The van der Waals surface area contributed by atoms with Crippen LogP contribution in [0.3, 0.4) is 0 Å². The molecule has 1 aliphatic heterocycles. The zero-order valence-electron chi connectivity index (χ0n) is 21.8. The van der Waals surface area contributed by atoms with Gasteiger partial charge in [-0.15, -0.1) is 0 Å². The van der Waals surface area contributed by atoms with E-state index < -0.39 is 5.60 Å². The summed E-state index contributed by atoms with van der Waals surface area (Å²) in [5.74, 6) is 1.27. The first-order valence-electron chi connectivity index (χ1n) is 12.5. The molecule has 2 amide bonds. The summed E-state index contributed by atoms with van der Waals surface area (Å²) in [5.41, 5.74) is -0.0994. The van der Waals surface area contributed by atoms with E-state index in [1.54, 1.807) is 17.0 Å². The minimum absolute atomic E-state index is 0.143. The van der Waals surface area contributed by atoms with E-state index in [0.29, 0.717) is 58.1 Å². The Balaban J connectivity index is 1.79. The van der Waals surface area contributed by atoms with E-state index >= 15 is 0 Å². The number of hydrogen-bond acceptors (Lipinski definition) is 5. The highest BCUT2D eigenvalue weighted by molar-refractivity contribution is 9.10. The first-order valence-corrected chi connectivity index (χ1v) is 13.3. The average molecular weight is 562 g/mol. The highest BCUT2D eigenvalue weighted by Crippen LogP contribution is 2.21. The Bertz CT molecular complexity index is 1210. The number of nitrogens with zero attached hydrogens (tertiary/aromatic N) is 2. The molecule has 0 bridgehead atoms. The topological polar surface area (TPSA) is 100 Å². The molecule has 2 N–H and O–H groups in total. The molecule has 3 heterocycles. The van der Waals surface area contributed by atoms with Crippen LogP contribution in [0.15, 0.2) is 33.4 Å². The summed E-state index contributed by atoms with van der Waals surface area (Å²) in [6.45, 7) is 15.5. The Morgan fingerprint density at radius 2 is 2.17 bits per heavy atom. The van der Waals surface area contributed by atoms with Gasteiger partial charge in [-0.05, 0) is 73.5 Å². The quantitative estimate of drug-likeness (QED) is 0.524. The number of amides is 2. The molecule has 0 aliphatic carbocycles. The second-order valence-corrected chi connectivity index (χ2v) is 11.1. The molecule has 2 atom stereocenters. The number of allylic oxidation sites excluding steroid dienone is 1. The Hall–Kier alpha value is -2.81. The van der Waals surface area contributed by atoms with Gasteiger partial charge in [0, 0.05) is 19.6 Å². The van der Waals surface area contributed by atoms with Gasteiger partial charge >= 0.3 is 6.09 Å². The van der Waals surface area contributed by atoms with Crippen molar-refractivity contribution in [2.45, 2.75) is 59.5 Å². The maximum absolute atomic E-state index is 13.4. The lowest BCUT2D eigenvalue weighted by atomic mass is 9.98. The maximum Gasteiger partial charge on any atom is 0.410 e. The van der Waals surface area contributed by atoms with Gasteiger partial charge in [0.25, 0.3) is 5.91 Å². The van der Waals surface area contributed by atoms with Crippen molar-refractivity contribution in [3.63, 3.8) is 0 Å². The number of ether oxygens (including phenoxy) is 1. The number of carbonyl (C=O) groups excluding carboxylic acids is 2. The van der Waals surface area contributed by atoms with Crippen LogP contribution in [0.25, 0.3) is 23.7 Å². The summed E-state index contributed by atoms with van der Waals surface area (Å²) < 4.78 is 11.7. The molecule has 2 unspecified atom stereocenters. The fourth-order valence-electron chi connectivity index (χ4n) is 3.91. The fraction of sp³-hybridized carbons (Fsp3) is 0.519. The minimum atomic E-state index is -0.538. The van der Waals surface area contributed by atoms with Gasteiger partial charge < -0.3 is 24.4 Å². The number of furan rings is 1. The lowest BCUT2D eigenvalue weighted by Gasteiger charge is -2.34. The molecule has 9 heteroatoms. The molecule has 2 aromatic heterocycles. The number of rotatable bonds is 7. The minimum Gasteiger partial charge on any atom is -0.446 e. The molecule has 0 saturated carbocycles. The monoisotopic (exact) mass is 560 g/mol. The van der Waals surface area contributed by atoms with Crippen molar-refractivity contribution >= 4 is 40.1 Å². The lowest BCUT2D eigenvalue weighted by Crippen LogP contribution is -2.46. The maximum atomic E-state index is 13.4. The zero-order valence-corrected chi connectivity index (χ0v) is 23.4. The number of piperidine rings is 1. The smallest absolute Gasteiger partial charge is 0.410 e. The van der Waals surface area contributed by atoms with Crippen LogP contribution >= 0.6 is 15.9 Å². The highest BCUT2D eigenvalue weighted by atomic mass is 79.9. The van der Waals surface area contributed by atoms with Crippen LogP contribution in [-0.4, -0.2) is 52.1 Å². The van der Waals surface area contributed by atoms with E-state index in [1.165, 1.54) is 0 Å². The zero-order chi connectivity index (χ0) is 26.5. The third-order valence-electron chi connectivity index (χ3n) is 6.04. The molecule has 36 heavy (non-hydrogen) atoms. The molecule has 1 aliphatic rings. The van der Waals surface area contributed by atoms with E-state index in [9.17, 15) is 9.59 Å². The average Bonchev–Trinajstić information content (AvgIpc) is 3.42. The number of nitrogens with one attached hydrogen (secondary N) is 2. The Morgan fingerprint density at radius 1 is 1.42 bits per heavy atom. The molecular formula is C27H37BrN4O4. The number of aromatic nitrogens is 2. The van der Waals surface area contributed by atoms with E-state index in [4.69, 9.17) is 9.15 Å². The van der Waals surface area contributed by atoms with Gasteiger partial charge in [0.1, 0.15) is 11.0 Å². The van der Waals surface area contributed by atoms with Crippen molar-refractivity contribution in [1.29, 1.82) is 0 Å². The molecular weight excluding hydrogens is 524 g/mol. The second-order valence-electron chi connectivity index (χ2n) is 10.3. The third-order valence-corrected chi connectivity index (χ3v) is 6.47. The van der Waals surface area contributed by atoms with E-state index in [2.05, 4.69) is 51.6 Å². The van der Waals surface area contributed by atoms with Gasteiger partial charge in [0.05, 0.1) is 10.9 Å². The molecule has 0 spiro atoms. The van der Waals surface area contributed by atoms with Crippen molar-refractivity contribution in [3.8, 4) is 11.6 Å². The van der Waals surface area contributed by atoms with Crippen molar-refractivity contribution in [2.75, 3.05) is 19.6 Å². The van der Waals surface area contributed by atoms with Gasteiger partial charge in [-0.25, -0.2) is 9.78 Å². The van der Waals surface area contributed by atoms with Crippen molar-refractivity contribution < 1.29 is 18.7 Å². The number of halogens is 1. The van der Waals surface area contributed by atoms with Gasteiger partial charge in [-0.2, -0.15) is 0 Å². The largest absolute Gasteiger partial charge is 0.446 e. The SMILES string of the molecule is C=c1[nH]c(-c2ccc(Br)o2)nc1=C(C=CC(C)CC)C(=O)NCC1CCCN(C(=O)OC(C)(C)C)C1. The van der Waals surface area contributed by atoms with Crippen LogP contribution in [-0.2, 0) is 9.53 Å². The van der Waals surface area contributed by atoms with E-state index in [0.717, 1.165) is 19.3 Å². The van der Waals surface area contributed by atoms with Crippen LogP contribution in [0.4, 0.5) is 4.79 Å². The van der Waals surface area contributed by atoms with Crippen LogP contribution in [0.5, 0.6) is 0 Å². The highest BCUT2D eigenvalue weighted by Gasteiger charge is 2.28. The summed E-state index contributed by atoms with van der Waals surface area (Å²) in [6.07, 6.45) is 6.28. The van der Waals surface area contributed by atoms with Crippen molar-refractivity contribution in [3.05, 3.63) is 39.7 Å². The Morgan fingerprint density at radius 3 is 2.81 bits per heavy atom. The van der Waals surface area contributed by atoms with Gasteiger partial charge in [-0.3, -0.25) is 4.79 Å². The number of aromatic amines is 1. The summed E-state index contributed by atoms with van der Waals surface area (Å²) in [5, 5.41) is 4.08. The van der Waals surface area contributed by atoms with E-state index in [1.807, 2.05) is 32.9 Å². The number of carbonyl (C=O) groups is 2. The van der Waals surface area contributed by atoms with Crippen LogP contribution < -0.4 is 16.0 Å². The van der Waals surface area contributed by atoms with Crippen LogP contribution in [0.2, 0.25) is 0 Å². The molecule has 0 aromatic carbocycles. The number of likely N-dealkylation sites (tertiary alicyclic amines) is 1. The van der Waals surface area contributed by atoms with Crippen molar-refractivity contribution in [2.24, 2.45) is 11.8 Å². The first kappa shape index (κ1) is 27.8. The molecule has 196 valence electrons. The van der Waals surface area contributed by atoms with Gasteiger partial charge in [0.2, 0.25) is 0 Å². The molecule has 3 rings (SSSR count). The van der Waals surface area contributed by atoms with Gasteiger partial charge in [0.15, 0.2) is 16.3 Å². The molecule has 2 aromatic rings. The summed E-state index contributed by atoms with van der Waals surface area (Å²) in [6, 6.07) is 3.57. The molecule has 8 nitrogen and oxygen atoms in total. The summed E-state index contributed by atoms with van der Waals surface area (Å²) in [7, 11) is 0. The standard InChI is InChI=1S/C27H37BrN4O4/c1-7-17(2)10-11-20(23-18(3)30-24(31-23)21-12-13-22(28)35-21)25(33)29-15-19-9-8-14-32(16-19)26(34)36-27(4,5)6/h10-13,17,19H,3,7-9,14-16H2,1-2,4-6H3,(H,29,33)(H,30,31). The number of H-pyrrole nitrogens is 1. The lowest BCUT2D eigenvalue weighted by molar-refractivity contribution is -0.115. The van der Waals surface area contributed by atoms with Crippen LogP contribution in [0, 0.1) is 11.8 Å². The Labute approximate surface area is 221 Å². The predicted octanol–water partition coefficient (Wildman–Crippen LogP) is 4.36. The fourth-order valence-corrected chi connectivity index (χ4v) is 4.21. The van der Waals surface area contributed by atoms with E-state index in [-0.39, 0.29) is 17.9 Å². The normalized spacial score (nSPS) is 18.3. The second kappa shape index (κ2) is 12.0. The number of hydrogen-bond donors (Lipinski definition) is 2. The first-order chi connectivity index (χ1) is 17.0. The summed E-state index contributed by atoms with van der Waals surface area (Å²) in [4.78, 5) is 35.4.